The molecule has 0 aromatic heterocycles. The first-order chi connectivity index (χ1) is 9.81. The average Bonchev–Trinajstić information content (AvgIpc) is 2.40. The average molecular weight is 318 g/mol. The number of carbonyl (C=O) groups excluding carboxylic acids is 1. The Morgan fingerprint density at radius 3 is 2.86 bits per heavy atom. The van der Waals surface area contributed by atoms with E-state index in [4.69, 9.17) is 11.6 Å². The molecule has 0 heterocycles. The van der Waals surface area contributed by atoms with E-state index in [1.54, 1.807) is 0 Å². The van der Waals surface area contributed by atoms with Gasteiger partial charge in [-0.25, -0.2) is 8.78 Å². The maximum atomic E-state index is 13.6. The minimum absolute atomic E-state index is 0.0276. The van der Waals surface area contributed by atoms with Gasteiger partial charge in [-0.2, -0.15) is 0 Å². The maximum Gasteiger partial charge on any atom is 0.254 e. The molecule has 2 N–H and O–H groups in total. The summed E-state index contributed by atoms with van der Waals surface area (Å²) in [6, 6.07) is 1.53. The first-order valence-corrected chi connectivity index (χ1v) is 7.34. The standard InChI is InChI=1S/C15H18ClF2NO2/c1-9-3-2-4-15(21,7-9)8-19-14(20)10-5-13(18)11(16)6-12(10)17/h5-6,9,21H,2-4,7-8H2,1H3,(H,19,20). The molecule has 1 aliphatic carbocycles. The molecule has 1 aromatic rings. The number of aliphatic hydroxyl groups is 1. The Bertz CT molecular complexity index is 553. The zero-order chi connectivity index (χ0) is 15.6. The van der Waals surface area contributed by atoms with Gasteiger partial charge in [0, 0.05) is 6.54 Å². The Labute approximate surface area is 127 Å². The predicted molar refractivity (Wildman–Crippen MR) is 76.3 cm³/mol. The highest BCUT2D eigenvalue weighted by atomic mass is 35.5. The van der Waals surface area contributed by atoms with Crippen LogP contribution in [0.2, 0.25) is 5.02 Å². The molecule has 0 saturated heterocycles. The lowest BCUT2D eigenvalue weighted by atomic mass is 9.79. The van der Waals surface area contributed by atoms with E-state index in [1.165, 1.54) is 0 Å². The smallest absolute Gasteiger partial charge is 0.254 e. The minimum Gasteiger partial charge on any atom is -0.388 e. The van der Waals surface area contributed by atoms with Gasteiger partial charge in [0.15, 0.2) is 0 Å². The van der Waals surface area contributed by atoms with Crippen LogP contribution >= 0.6 is 11.6 Å². The van der Waals surface area contributed by atoms with Gasteiger partial charge >= 0.3 is 0 Å². The fraction of sp³-hybridized carbons (Fsp3) is 0.533. The highest BCUT2D eigenvalue weighted by molar-refractivity contribution is 6.30. The first-order valence-electron chi connectivity index (χ1n) is 6.96. The van der Waals surface area contributed by atoms with E-state index < -0.39 is 28.7 Å². The number of benzene rings is 1. The van der Waals surface area contributed by atoms with Crippen molar-refractivity contribution in [1.82, 2.24) is 5.32 Å². The summed E-state index contributed by atoms with van der Waals surface area (Å²) in [7, 11) is 0. The van der Waals surface area contributed by atoms with Crippen LogP contribution in [-0.2, 0) is 0 Å². The number of rotatable bonds is 3. The summed E-state index contributed by atoms with van der Waals surface area (Å²) in [5.74, 6) is -2.11. The molecule has 0 bridgehead atoms. The molecule has 1 saturated carbocycles. The van der Waals surface area contributed by atoms with Crippen molar-refractivity contribution >= 4 is 17.5 Å². The van der Waals surface area contributed by atoms with Crippen LogP contribution in [0, 0.1) is 17.6 Å². The number of halogens is 3. The maximum absolute atomic E-state index is 13.6. The van der Waals surface area contributed by atoms with Crippen molar-refractivity contribution in [1.29, 1.82) is 0 Å². The molecule has 1 fully saturated rings. The van der Waals surface area contributed by atoms with Gasteiger partial charge in [-0.3, -0.25) is 4.79 Å². The molecular formula is C15H18ClF2NO2. The van der Waals surface area contributed by atoms with Crippen molar-refractivity contribution in [2.45, 2.75) is 38.2 Å². The number of hydrogen-bond acceptors (Lipinski definition) is 2. The van der Waals surface area contributed by atoms with Crippen LogP contribution < -0.4 is 5.32 Å². The Kier molecular flexibility index (Phi) is 4.84. The number of amides is 1. The summed E-state index contributed by atoms with van der Waals surface area (Å²) in [6.45, 7) is 2.07. The van der Waals surface area contributed by atoms with Crippen molar-refractivity contribution in [3.05, 3.63) is 34.4 Å². The third kappa shape index (κ3) is 3.92. The number of nitrogens with one attached hydrogen (secondary N) is 1. The van der Waals surface area contributed by atoms with Crippen LogP contribution in [0.15, 0.2) is 12.1 Å². The van der Waals surface area contributed by atoms with Gasteiger partial charge in [0.2, 0.25) is 0 Å². The second-order valence-electron chi connectivity index (χ2n) is 5.85. The molecule has 1 aliphatic rings. The highest BCUT2D eigenvalue weighted by Gasteiger charge is 2.33. The van der Waals surface area contributed by atoms with Crippen molar-refractivity contribution in [2.75, 3.05) is 6.54 Å². The Balaban J connectivity index is 2.03. The Morgan fingerprint density at radius 1 is 1.48 bits per heavy atom. The lowest BCUT2D eigenvalue weighted by molar-refractivity contribution is -0.0109. The van der Waals surface area contributed by atoms with Crippen molar-refractivity contribution in [3.63, 3.8) is 0 Å². The number of carbonyl (C=O) groups is 1. The van der Waals surface area contributed by atoms with Gasteiger partial charge in [0.25, 0.3) is 5.91 Å². The largest absolute Gasteiger partial charge is 0.388 e. The summed E-state index contributed by atoms with van der Waals surface area (Å²) < 4.78 is 26.9. The van der Waals surface area contributed by atoms with Crippen molar-refractivity contribution in [2.24, 2.45) is 5.92 Å². The van der Waals surface area contributed by atoms with Crippen LogP contribution in [0.4, 0.5) is 8.78 Å². The molecule has 116 valence electrons. The molecule has 21 heavy (non-hydrogen) atoms. The van der Waals surface area contributed by atoms with Gasteiger partial charge in [0.05, 0.1) is 16.2 Å². The van der Waals surface area contributed by atoms with Gasteiger partial charge in [0.1, 0.15) is 11.6 Å². The third-order valence-electron chi connectivity index (χ3n) is 3.90. The third-order valence-corrected chi connectivity index (χ3v) is 4.19. The SMILES string of the molecule is CC1CCCC(O)(CNC(=O)c2cc(F)c(Cl)cc2F)C1. The summed E-state index contributed by atoms with van der Waals surface area (Å²) in [5.41, 5.74) is -1.39. The second kappa shape index (κ2) is 6.28. The van der Waals surface area contributed by atoms with Gasteiger partial charge < -0.3 is 10.4 Å². The Hall–Kier alpha value is -1.20. The molecule has 2 unspecified atom stereocenters. The normalized spacial score (nSPS) is 25.7. The van der Waals surface area contributed by atoms with Crippen molar-refractivity contribution in [3.8, 4) is 0 Å². The van der Waals surface area contributed by atoms with Gasteiger partial charge in [-0.05, 0) is 30.9 Å². The zero-order valence-corrected chi connectivity index (χ0v) is 12.5. The lowest BCUT2D eigenvalue weighted by Crippen LogP contribution is -2.45. The molecule has 2 rings (SSSR count). The molecule has 2 atom stereocenters. The van der Waals surface area contributed by atoms with E-state index in [1.807, 2.05) is 6.92 Å². The number of hydrogen-bond donors (Lipinski definition) is 2. The second-order valence-corrected chi connectivity index (χ2v) is 6.26. The topological polar surface area (TPSA) is 49.3 Å². The minimum atomic E-state index is -0.977. The highest BCUT2D eigenvalue weighted by Crippen LogP contribution is 2.31. The molecule has 0 spiro atoms. The molecule has 3 nitrogen and oxygen atoms in total. The van der Waals surface area contributed by atoms with Gasteiger partial charge in [-0.15, -0.1) is 0 Å². The van der Waals surface area contributed by atoms with Crippen LogP contribution in [0.25, 0.3) is 0 Å². The lowest BCUT2D eigenvalue weighted by Gasteiger charge is -2.35. The molecule has 1 amide bonds. The summed E-state index contributed by atoms with van der Waals surface area (Å²) in [6.07, 6.45) is 3.12. The van der Waals surface area contributed by atoms with E-state index in [9.17, 15) is 18.7 Å². The first kappa shape index (κ1) is 16.2. The monoisotopic (exact) mass is 317 g/mol. The summed E-state index contributed by atoms with van der Waals surface area (Å²) in [4.78, 5) is 11.9. The van der Waals surface area contributed by atoms with E-state index in [-0.39, 0.29) is 11.6 Å². The molecule has 1 aromatic carbocycles. The van der Waals surface area contributed by atoms with E-state index in [2.05, 4.69) is 5.32 Å². The molecule has 6 heteroatoms. The molecular weight excluding hydrogens is 300 g/mol. The van der Waals surface area contributed by atoms with Crippen LogP contribution in [-0.4, -0.2) is 23.2 Å². The van der Waals surface area contributed by atoms with E-state index in [0.717, 1.165) is 25.0 Å². The summed E-state index contributed by atoms with van der Waals surface area (Å²) >= 11 is 5.44. The fourth-order valence-corrected chi connectivity index (χ4v) is 2.98. The van der Waals surface area contributed by atoms with E-state index >= 15 is 0 Å². The molecule has 0 radical (unpaired) electrons. The van der Waals surface area contributed by atoms with Crippen LogP contribution in [0.3, 0.4) is 0 Å². The van der Waals surface area contributed by atoms with Crippen LogP contribution in [0.5, 0.6) is 0 Å². The Morgan fingerprint density at radius 2 is 2.19 bits per heavy atom. The quantitative estimate of drug-likeness (QED) is 0.840. The zero-order valence-electron chi connectivity index (χ0n) is 11.8. The van der Waals surface area contributed by atoms with Gasteiger partial charge in [-0.1, -0.05) is 31.4 Å². The van der Waals surface area contributed by atoms with E-state index in [0.29, 0.717) is 18.8 Å². The fourth-order valence-electron chi connectivity index (χ4n) is 2.83. The van der Waals surface area contributed by atoms with Crippen molar-refractivity contribution < 1.29 is 18.7 Å². The predicted octanol–water partition coefficient (Wildman–Crippen LogP) is 3.29. The summed E-state index contributed by atoms with van der Waals surface area (Å²) in [5, 5.41) is 12.5. The molecule has 0 aliphatic heterocycles. The van der Waals surface area contributed by atoms with Crippen LogP contribution in [0.1, 0.15) is 43.0 Å².